The highest BCUT2D eigenvalue weighted by molar-refractivity contribution is 8.00. The molecule has 1 rings (SSSR count). The number of halogens is 3. The number of alkyl halides is 3. The molecule has 7 heteroatoms. The highest BCUT2D eigenvalue weighted by Gasteiger charge is 2.28. The van der Waals surface area contributed by atoms with Crippen LogP contribution in [0.3, 0.4) is 0 Å². The zero-order valence-corrected chi connectivity index (χ0v) is 12.1. The third kappa shape index (κ3) is 7.40. The van der Waals surface area contributed by atoms with Crippen LogP contribution in [0.5, 0.6) is 0 Å². The Morgan fingerprint density at radius 3 is 2.35 bits per heavy atom. The maximum Gasteiger partial charge on any atom is 0.446 e. The van der Waals surface area contributed by atoms with E-state index in [1.54, 1.807) is 12.1 Å². The zero-order chi connectivity index (χ0) is 15.2. The van der Waals surface area contributed by atoms with Gasteiger partial charge in [0.25, 0.3) is 0 Å². The van der Waals surface area contributed by atoms with Crippen molar-refractivity contribution >= 4 is 17.7 Å². The minimum absolute atomic E-state index is 0.0861. The SMILES string of the molecule is CC(C)NC(=O)CNCc1ccc(SC(F)(F)F)cc1. The lowest BCUT2D eigenvalue weighted by molar-refractivity contribution is -0.120. The second-order valence-electron chi connectivity index (χ2n) is 4.52. The lowest BCUT2D eigenvalue weighted by Gasteiger charge is -2.10. The van der Waals surface area contributed by atoms with Gasteiger partial charge in [-0.15, -0.1) is 0 Å². The molecule has 112 valence electrons. The molecule has 1 aromatic carbocycles. The normalized spacial score (nSPS) is 11.7. The number of nitrogens with one attached hydrogen (secondary N) is 2. The van der Waals surface area contributed by atoms with Gasteiger partial charge in [0.1, 0.15) is 0 Å². The largest absolute Gasteiger partial charge is 0.446 e. The van der Waals surface area contributed by atoms with Gasteiger partial charge in [-0.1, -0.05) is 12.1 Å². The van der Waals surface area contributed by atoms with Crippen molar-refractivity contribution in [3.05, 3.63) is 29.8 Å². The first kappa shape index (κ1) is 16.8. The highest BCUT2D eigenvalue weighted by Crippen LogP contribution is 2.36. The first-order valence-electron chi connectivity index (χ1n) is 6.11. The van der Waals surface area contributed by atoms with Crippen LogP contribution < -0.4 is 10.6 Å². The van der Waals surface area contributed by atoms with Crippen LogP contribution in [0, 0.1) is 0 Å². The van der Waals surface area contributed by atoms with Gasteiger partial charge in [0.15, 0.2) is 0 Å². The summed E-state index contributed by atoms with van der Waals surface area (Å²) in [5.74, 6) is -0.107. The van der Waals surface area contributed by atoms with Crippen molar-refractivity contribution in [2.45, 2.75) is 36.8 Å². The molecule has 3 nitrogen and oxygen atoms in total. The second kappa shape index (κ2) is 7.54. The molecule has 1 amide bonds. The summed E-state index contributed by atoms with van der Waals surface area (Å²) in [6, 6.07) is 6.15. The summed E-state index contributed by atoms with van der Waals surface area (Å²) in [5, 5.41) is 5.67. The van der Waals surface area contributed by atoms with E-state index in [1.165, 1.54) is 12.1 Å². The molecular formula is C13H17F3N2OS. The van der Waals surface area contributed by atoms with E-state index in [0.29, 0.717) is 6.54 Å². The number of thioether (sulfide) groups is 1. The van der Waals surface area contributed by atoms with Gasteiger partial charge in [0, 0.05) is 17.5 Å². The van der Waals surface area contributed by atoms with Gasteiger partial charge >= 0.3 is 5.51 Å². The van der Waals surface area contributed by atoms with Crippen molar-refractivity contribution in [2.75, 3.05) is 6.54 Å². The highest BCUT2D eigenvalue weighted by atomic mass is 32.2. The van der Waals surface area contributed by atoms with Gasteiger partial charge in [-0.25, -0.2) is 0 Å². The lowest BCUT2D eigenvalue weighted by Crippen LogP contribution is -2.37. The topological polar surface area (TPSA) is 41.1 Å². The van der Waals surface area contributed by atoms with Crippen LogP contribution in [0.4, 0.5) is 13.2 Å². The molecule has 0 unspecified atom stereocenters. The Labute approximate surface area is 120 Å². The van der Waals surface area contributed by atoms with E-state index in [-0.39, 0.29) is 35.2 Å². The van der Waals surface area contributed by atoms with Gasteiger partial charge in [-0.3, -0.25) is 4.79 Å². The Morgan fingerprint density at radius 2 is 1.85 bits per heavy atom. The van der Waals surface area contributed by atoms with Crippen LogP contribution in [-0.4, -0.2) is 24.0 Å². The van der Waals surface area contributed by atoms with Crippen LogP contribution in [0.15, 0.2) is 29.2 Å². The molecule has 0 fully saturated rings. The molecule has 0 spiro atoms. The molecule has 0 radical (unpaired) electrons. The summed E-state index contributed by atoms with van der Waals surface area (Å²) in [7, 11) is 0. The van der Waals surface area contributed by atoms with Crippen LogP contribution >= 0.6 is 11.8 Å². The summed E-state index contributed by atoms with van der Waals surface area (Å²) < 4.78 is 36.4. The quantitative estimate of drug-likeness (QED) is 0.794. The summed E-state index contributed by atoms with van der Waals surface area (Å²) in [5.41, 5.74) is -3.44. The van der Waals surface area contributed by atoms with E-state index in [9.17, 15) is 18.0 Å². The fraction of sp³-hybridized carbons (Fsp3) is 0.462. The van der Waals surface area contributed by atoms with Crippen LogP contribution in [0.1, 0.15) is 19.4 Å². The smallest absolute Gasteiger partial charge is 0.353 e. The Kier molecular flexibility index (Phi) is 6.35. The van der Waals surface area contributed by atoms with Gasteiger partial charge < -0.3 is 10.6 Å². The van der Waals surface area contributed by atoms with Crippen LogP contribution in [0.25, 0.3) is 0 Å². The predicted octanol–water partition coefficient (Wildman–Crippen LogP) is 2.91. The van der Waals surface area contributed by atoms with Crippen molar-refractivity contribution in [2.24, 2.45) is 0 Å². The number of benzene rings is 1. The average molecular weight is 306 g/mol. The second-order valence-corrected chi connectivity index (χ2v) is 5.66. The van der Waals surface area contributed by atoms with E-state index in [2.05, 4.69) is 10.6 Å². The fourth-order valence-electron chi connectivity index (χ4n) is 1.50. The molecule has 0 atom stereocenters. The van der Waals surface area contributed by atoms with E-state index in [0.717, 1.165) is 5.56 Å². The maximum atomic E-state index is 12.1. The summed E-state index contributed by atoms with van der Waals surface area (Å²) in [6.07, 6.45) is 0. The molecule has 2 N–H and O–H groups in total. The monoisotopic (exact) mass is 306 g/mol. The number of carbonyl (C=O) groups is 1. The number of amides is 1. The molecule has 0 aromatic heterocycles. The number of hydrogen-bond donors (Lipinski definition) is 2. The third-order valence-electron chi connectivity index (χ3n) is 2.22. The Balaban J connectivity index is 2.37. The molecule has 0 aliphatic carbocycles. The standard InChI is InChI=1S/C13H17F3N2OS/c1-9(2)18-12(19)8-17-7-10-3-5-11(6-4-10)20-13(14,15)16/h3-6,9,17H,7-8H2,1-2H3,(H,18,19). The van der Waals surface area contributed by atoms with E-state index < -0.39 is 5.51 Å². The number of carbonyl (C=O) groups excluding carboxylic acids is 1. The number of hydrogen-bond acceptors (Lipinski definition) is 3. The molecule has 0 aliphatic heterocycles. The van der Waals surface area contributed by atoms with E-state index >= 15 is 0 Å². The first-order chi connectivity index (χ1) is 9.26. The van der Waals surface area contributed by atoms with E-state index in [4.69, 9.17) is 0 Å². The molecule has 0 saturated heterocycles. The Hall–Kier alpha value is -1.21. The third-order valence-corrected chi connectivity index (χ3v) is 2.96. The minimum atomic E-state index is -4.27. The van der Waals surface area contributed by atoms with Crippen LogP contribution in [0.2, 0.25) is 0 Å². The van der Waals surface area contributed by atoms with Crippen molar-refractivity contribution in [3.8, 4) is 0 Å². The molecule has 0 bridgehead atoms. The van der Waals surface area contributed by atoms with Gasteiger partial charge in [0.2, 0.25) is 5.91 Å². The maximum absolute atomic E-state index is 12.1. The average Bonchev–Trinajstić information content (AvgIpc) is 2.28. The van der Waals surface area contributed by atoms with Crippen molar-refractivity contribution < 1.29 is 18.0 Å². The van der Waals surface area contributed by atoms with Gasteiger partial charge in [0.05, 0.1) is 6.54 Å². The van der Waals surface area contributed by atoms with E-state index in [1.807, 2.05) is 13.8 Å². The Bertz CT molecular complexity index is 432. The summed E-state index contributed by atoms with van der Waals surface area (Å²) in [4.78, 5) is 11.5. The molecular weight excluding hydrogens is 289 g/mol. The van der Waals surface area contributed by atoms with Crippen molar-refractivity contribution in [1.82, 2.24) is 10.6 Å². The molecule has 0 heterocycles. The molecule has 0 saturated carbocycles. The summed E-state index contributed by atoms with van der Waals surface area (Å²) in [6.45, 7) is 4.35. The fourth-order valence-corrected chi connectivity index (χ4v) is 2.04. The van der Waals surface area contributed by atoms with Crippen molar-refractivity contribution in [3.63, 3.8) is 0 Å². The summed E-state index contributed by atoms with van der Waals surface area (Å²) >= 11 is -0.140. The zero-order valence-electron chi connectivity index (χ0n) is 11.3. The van der Waals surface area contributed by atoms with Gasteiger partial charge in [-0.2, -0.15) is 13.2 Å². The molecule has 1 aromatic rings. The first-order valence-corrected chi connectivity index (χ1v) is 6.92. The van der Waals surface area contributed by atoms with Crippen LogP contribution in [-0.2, 0) is 11.3 Å². The molecule has 0 aliphatic rings. The minimum Gasteiger partial charge on any atom is -0.353 e. The predicted molar refractivity (Wildman–Crippen MR) is 73.3 cm³/mol. The lowest BCUT2D eigenvalue weighted by atomic mass is 10.2. The molecule has 20 heavy (non-hydrogen) atoms. The Morgan fingerprint density at radius 1 is 1.25 bits per heavy atom. The van der Waals surface area contributed by atoms with Crippen molar-refractivity contribution in [1.29, 1.82) is 0 Å². The number of rotatable bonds is 6. The van der Waals surface area contributed by atoms with Gasteiger partial charge in [-0.05, 0) is 43.3 Å².